The molecule has 0 aromatic rings. The van der Waals surface area contributed by atoms with Crippen LogP contribution in [-0.4, -0.2) is 25.8 Å². The summed E-state index contributed by atoms with van der Waals surface area (Å²) in [6, 6.07) is 0. The van der Waals surface area contributed by atoms with Gasteiger partial charge in [-0.1, -0.05) is 13.8 Å². The highest BCUT2D eigenvalue weighted by atomic mass is 16.6. The van der Waals surface area contributed by atoms with Crippen molar-refractivity contribution in [1.29, 1.82) is 0 Å². The Labute approximate surface area is 92.1 Å². The first-order chi connectivity index (χ1) is 7.15. The van der Waals surface area contributed by atoms with E-state index in [1.165, 1.54) is 7.11 Å². The lowest BCUT2D eigenvalue weighted by Crippen LogP contribution is -2.28. The standard InChI is InChI=1S/C12H22O3/c1-9(2)5-4-8-15-11(10-6-7-10)12(13)14-3/h9-11H,4-8H2,1-3H3. The number of methoxy groups -OCH3 is 1. The SMILES string of the molecule is COC(=O)C(OCCCC(C)C)C1CC1. The largest absolute Gasteiger partial charge is 0.467 e. The van der Waals surface area contributed by atoms with Crippen LogP contribution < -0.4 is 0 Å². The Kier molecular flexibility index (Phi) is 5.09. The van der Waals surface area contributed by atoms with Crippen LogP contribution in [0.15, 0.2) is 0 Å². The van der Waals surface area contributed by atoms with Crippen LogP contribution >= 0.6 is 0 Å². The molecule has 1 atom stereocenters. The molecule has 1 aliphatic rings. The molecule has 3 nitrogen and oxygen atoms in total. The molecule has 0 amide bonds. The molecule has 88 valence electrons. The van der Waals surface area contributed by atoms with E-state index in [0.29, 0.717) is 18.4 Å². The third-order valence-electron chi connectivity index (χ3n) is 2.71. The zero-order valence-electron chi connectivity index (χ0n) is 9.99. The van der Waals surface area contributed by atoms with E-state index in [9.17, 15) is 4.79 Å². The summed E-state index contributed by atoms with van der Waals surface area (Å²) in [6.07, 6.45) is 4.08. The normalized spacial score (nSPS) is 17.9. The fraction of sp³-hybridized carbons (Fsp3) is 0.917. The molecular formula is C12H22O3. The maximum absolute atomic E-state index is 11.4. The van der Waals surface area contributed by atoms with Crippen molar-refractivity contribution in [3.05, 3.63) is 0 Å². The maximum Gasteiger partial charge on any atom is 0.335 e. The Morgan fingerprint density at radius 3 is 2.53 bits per heavy atom. The van der Waals surface area contributed by atoms with Crippen molar-refractivity contribution < 1.29 is 14.3 Å². The average Bonchev–Trinajstić information content (AvgIpc) is 3.00. The fourth-order valence-electron chi connectivity index (χ4n) is 1.61. The van der Waals surface area contributed by atoms with Crippen LogP contribution in [0.2, 0.25) is 0 Å². The number of esters is 1. The van der Waals surface area contributed by atoms with Crippen molar-refractivity contribution in [2.75, 3.05) is 13.7 Å². The monoisotopic (exact) mass is 214 g/mol. The molecular weight excluding hydrogens is 192 g/mol. The van der Waals surface area contributed by atoms with E-state index in [2.05, 4.69) is 13.8 Å². The van der Waals surface area contributed by atoms with E-state index in [1.54, 1.807) is 0 Å². The minimum absolute atomic E-state index is 0.206. The number of hydrogen-bond donors (Lipinski definition) is 0. The molecule has 3 heteroatoms. The summed E-state index contributed by atoms with van der Waals surface area (Å²) < 4.78 is 10.3. The number of carbonyl (C=O) groups excluding carboxylic acids is 1. The van der Waals surface area contributed by atoms with Crippen LogP contribution in [0.3, 0.4) is 0 Å². The van der Waals surface area contributed by atoms with E-state index in [4.69, 9.17) is 9.47 Å². The first-order valence-electron chi connectivity index (χ1n) is 5.84. The van der Waals surface area contributed by atoms with Crippen LogP contribution in [0.4, 0.5) is 0 Å². The van der Waals surface area contributed by atoms with Crippen molar-refractivity contribution in [3.63, 3.8) is 0 Å². The summed E-state index contributed by atoms with van der Waals surface area (Å²) in [4.78, 5) is 11.4. The predicted octanol–water partition coefficient (Wildman–Crippen LogP) is 2.39. The van der Waals surface area contributed by atoms with Crippen LogP contribution in [0, 0.1) is 11.8 Å². The predicted molar refractivity (Wildman–Crippen MR) is 58.6 cm³/mol. The van der Waals surface area contributed by atoms with Gasteiger partial charge in [0.05, 0.1) is 7.11 Å². The molecule has 0 bridgehead atoms. The Bertz CT molecular complexity index is 197. The van der Waals surface area contributed by atoms with Gasteiger partial charge < -0.3 is 9.47 Å². The van der Waals surface area contributed by atoms with E-state index < -0.39 is 0 Å². The third-order valence-corrected chi connectivity index (χ3v) is 2.71. The Hall–Kier alpha value is -0.570. The fourth-order valence-corrected chi connectivity index (χ4v) is 1.61. The van der Waals surface area contributed by atoms with E-state index in [1.807, 2.05) is 0 Å². The van der Waals surface area contributed by atoms with Crippen molar-refractivity contribution in [3.8, 4) is 0 Å². The van der Waals surface area contributed by atoms with Gasteiger partial charge in [-0.2, -0.15) is 0 Å². The number of carbonyl (C=O) groups is 1. The van der Waals surface area contributed by atoms with Crippen molar-refractivity contribution in [2.45, 2.75) is 45.6 Å². The highest BCUT2D eigenvalue weighted by Gasteiger charge is 2.37. The summed E-state index contributed by atoms with van der Waals surface area (Å²) in [5.74, 6) is 0.907. The minimum atomic E-state index is -0.304. The molecule has 1 rings (SSSR count). The van der Waals surface area contributed by atoms with E-state index in [-0.39, 0.29) is 12.1 Å². The molecule has 0 aromatic carbocycles. The first kappa shape index (κ1) is 12.5. The summed E-state index contributed by atoms with van der Waals surface area (Å²) in [7, 11) is 1.43. The van der Waals surface area contributed by atoms with Gasteiger partial charge in [-0.3, -0.25) is 0 Å². The van der Waals surface area contributed by atoms with Gasteiger partial charge in [-0.25, -0.2) is 4.79 Å². The van der Waals surface area contributed by atoms with Gasteiger partial charge in [0, 0.05) is 6.61 Å². The van der Waals surface area contributed by atoms with Crippen molar-refractivity contribution >= 4 is 5.97 Å². The maximum atomic E-state index is 11.4. The van der Waals surface area contributed by atoms with Crippen molar-refractivity contribution in [2.24, 2.45) is 11.8 Å². The third kappa shape index (κ3) is 4.65. The molecule has 15 heavy (non-hydrogen) atoms. The smallest absolute Gasteiger partial charge is 0.335 e. The molecule has 1 saturated carbocycles. The lowest BCUT2D eigenvalue weighted by molar-refractivity contribution is -0.155. The molecule has 0 N–H and O–H groups in total. The summed E-state index contributed by atoms with van der Waals surface area (Å²) in [5, 5.41) is 0. The molecule has 0 aromatic heterocycles. The molecule has 1 unspecified atom stereocenters. The number of rotatable bonds is 7. The van der Waals surface area contributed by atoms with Gasteiger partial charge in [0.15, 0.2) is 6.10 Å². The topological polar surface area (TPSA) is 35.5 Å². The van der Waals surface area contributed by atoms with Crippen LogP contribution in [0.25, 0.3) is 0 Å². The lowest BCUT2D eigenvalue weighted by atomic mass is 10.1. The van der Waals surface area contributed by atoms with Gasteiger partial charge in [-0.05, 0) is 37.5 Å². The zero-order chi connectivity index (χ0) is 11.3. The molecule has 0 spiro atoms. The first-order valence-corrected chi connectivity index (χ1v) is 5.84. The van der Waals surface area contributed by atoms with Crippen LogP contribution in [0.1, 0.15) is 39.5 Å². The van der Waals surface area contributed by atoms with Gasteiger partial charge in [0.25, 0.3) is 0 Å². The molecule has 0 saturated heterocycles. The van der Waals surface area contributed by atoms with Gasteiger partial charge in [0.1, 0.15) is 0 Å². The van der Waals surface area contributed by atoms with Gasteiger partial charge >= 0.3 is 5.97 Å². The van der Waals surface area contributed by atoms with Gasteiger partial charge in [0.2, 0.25) is 0 Å². The second-order valence-electron chi connectivity index (χ2n) is 4.69. The average molecular weight is 214 g/mol. The Morgan fingerprint density at radius 1 is 1.40 bits per heavy atom. The van der Waals surface area contributed by atoms with Gasteiger partial charge in [-0.15, -0.1) is 0 Å². The number of hydrogen-bond acceptors (Lipinski definition) is 3. The Morgan fingerprint density at radius 2 is 2.07 bits per heavy atom. The minimum Gasteiger partial charge on any atom is -0.467 e. The van der Waals surface area contributed by atoms with Crippen LogP contribution in [0.5, 0.6) is 0 Å². The second kappa shape index (κ2) is 6.11. The lowest BCUT2D eigenvalue weighted by Gasteiger charge is -2.15. The summed E-state index contributed by atoms with van der Waals surface area (Å²) >= 11 is 0. The molecule has 1 aliphatic carbocycles. The molecule has 0 radical (unpaired) electrons. The second-order valence-corrected chi connectivity index (χ2v) is 4.69. The zero-order valence-corrected chi connectivity index (χ0v) is 9.99. The highest BCUT2D eigenvalue weighted by Crippen LogP contribution is 2.35. The molecule has 0 aliphatic heterocycles. The summed E-state index contributed by atoms with van der Waals surface area (Å²) in [5.41, 5.74) is 0. The summed E-state index contributed by atoms with van der Waals surface area (Å²) in [6.45, 7) is 5.06. The molecule has 1 fully saturated rings. The van der Waals surface area contributed by atoms with E-state index in [0.717, 1.165) is 25.7 Å². The molecule has 0 heterocycles. The highest BCUT2D eigenvalue weighted by molar-refractivity contribution is 5.75. The van der Waals surface area contributed by atoms with Crippen LogP contribution in [-0.2, 0) is 14.3 Å². The number of ether oxygens (including phenoxy) is 2. The van der Waals surface area contributed by atoms with Crippen molar-refractivity contribution in [1.82, 2.24) is 0 Å². The quantitative estimate of drug-likeness (QED) is 0.482. The Balaban J connectivity index is 2.17. The van der Waals surface area contributed by atoms with E-state index >= 15 is 0 Å².